The van der Waals surface area contributed by atoms with Gasteiger partial charge in [0.05, 0.1) is 12.9 Å². The lowest BCUT2D eigenvalue weighted by atomic mass is 9.86. The van der Waals surface area contributed by atoms with Gasteiger partial charge in [-0.25, -0.2) is 13.1 Å². The van der Waals surface area contributed by atoms with E-state index in [1.54, 1.807) is 12.1 Å². The van der Waals surface area contributed by atoms with Gasteiger partial charge >= 0.3 is 0 Å². The van der Waals surface area contributed by atoms with Crippen LogP contribution in [0.1, 0.15) is 45.4 Å². The van der Waals surface area contributed by atoms with Crippen LogP contribution >= 0.6 is 0 Å². The maximum Gasteiger partial charge on any atom is 0.227 e. The first-order chi connectivity index (χ1) is 12.3. The molecule has 1 amide bonds. The summed E-state index contributed by atoms with van der Waals surface area (Å²) >= 11 is 0. The Balaban J connectivity index is 1.85. The van der Waals surface area contributed by atoms with Crippen LogP contribution in [0.5, 0.6) is 11.5 Å². The minimum Gasteiger partial charge on any atom is -0.504 e. The zero-order valence-electron chi connectivity index (χ0n) is 15.3. The average Bonchev–Trinajstić information content (AvgIpc) is 2.56. The summed E-state index contributed by atoms with van der Waals surface area (Å²) in [5, 5.41) is 12.8. The predicted octanol–water partition coefficient (Wildman–Crippen LogP) is 2.62. The van der Waals surface area contributed by atoms with E-state index in [0.717, 1.165) is 19.1 Å². The molecular formula is C18H28N2O5S. The fourth-order valence-electron chi connectivity index (χ4n) is 3.06. The Morgan fingerprint density at radius 3 is 2.54 bits per heavy atom. The number of phenolic OH excluding ortho intramolecular Hbond substituents is 1. The number of aromatic hydroxyl groups is 1. The minimum absolute atomic E-state index is 0.0000336. The molecule has 0 spiro atoms. The van der Waals surface area contributed by atoms with Crippen LogP contribution in [0.25, 0.3) is 0 Å². The number of carbonyl (C=O) groups excluding carboxylic acids is 1. The molecule has 26 heavy (non-hydrogen) atoms. The second kappa shape index (κ2) is 9.23. The first kappa shape index (κ1) is 20.5. The van der Waals surface area contributed by atoms with Crippen molar-refractivity contribution in [1.29, 1.82) is 0 Å². The Hall–Kier alpha value is -1.80. The molecule has 0 bridgehead atoms. The molecule has 0 saturated heterocycles. The highest BCUT2D eigenvalue weighted by Crippen LogP contribution is 2.31. The molecule has 0 unspecified atom stereocenters. The minimum atomic E-state index is -3.22. The van der Waals surface area contributed by atoms with Gasteiger partial charge in [-0.05, 0) is 44.2 Å². The van der Waals surface area contributed by atoms with Crippen molar-refractivity contribution in [2.45, 2.75) is 51.5 Å². The normalized spacial score (nSPS) is 20.5. The van der Waals surface area contributed by atoms with Crippen LogP contribution in [0.2, 0.25) is 0 Å². The van der Waals surface area contributed by atoms with Crippen molar-refractivity contribution in [1.82, 2.24) is 4.72 Å². The van der Waals surface area contributed by atoms with Gasteiger partial charge in [0.25, 0.3) is 0 Å². The van der Waals surface area contributed by atoms with E-state index in [1.807, 2.05) is 0 Å². The molecule has 8 heteroatoms. The maximum atomic E-state index is 12.4. The van der Waals surface area contributed by atoms with E-state index in [0.29, 0.717) is 43.7 Å². The Bertz CT molecular complexity index is 712. The SMILES string of the molecule is CCCCOc1ccc(NC(=O)C2CCC(NS(C)(=O)=O)CC2)cc1O. The van der Waals surface area contributed by atoms with E-state index in [9.17, 15) is 18.3 Å². The highest BCUT2D eigenvalue weighted by Gasteiger charge is 2.27. The van der Waals surface area contributed by atoms with Crippen LogP contribution in [-0.4, -0.2) is 38.3 Å². The number of ether oxygens (including phenoxy) is 1. The number of sulfonamides is 1. The zero-order chi connectivity index (χ0) is 19.2. The molecule has 1 aromatic rings. The molecule has 0 aliphatic heterocycles. The molecule has 1 fully saturated rings. The van der Waals surface area contributed by atoms with Crippen molar-refractivity contribution < 1.29 is 23.1 Å². The topological polar surface area (TPSA) is 105 Å². The Kier molecular flexibility index (Phi) is 7.28. The summed E-state index contributed by atoms with van der Waals surface area (Å²) in [5.41, 5.74) is 0.520. The van der Waals surface area contributed by atoms with Crippen LogP contribution in [0, 0.1) is 5.92 Å². The second-order valence-electron chi connectivity index (χ2n) is 6.81. The molecule has 0 radical (unpaired) electrons. The molecule has 1 aromatic carbocycles. The zero-order valence-corrected chi connectivity index (χ0v) is 16.1. The fourth-order valence-corrected chi connectivity index (χ4v) is 3.91. The number of phenols is 1. The molecule has 3 N–H and O–H groups in total. The number of benzene rings is 1. The Labute approximate surface area is 155 Å². The molecule has 2 rings (SSSR count). The van der Waals surface area contributed by atoms with Crippen molar-refractivity contribution in [3.8, 4) is 11.5 Å². The summed E-state index contributed by atoms with van der Waals surface area (Å²) in [6.07, 6.45) is 5.60. The summed E-state index contributed by atoms with van der Waals surface area (Å²) in [4.78, 5) is 12.4. The number of amides is 1. The van der Waals surface area contributed by atoms with E-state index in [4.69, 9.17) is 4.74 Å². The van der Waals surface area contributed by atoms with E-state index >= 15 is 0 Å². The van der Waals surface area contributed by atoms with Crippen molar-refractivity contribution in [2.75, 3.05) is 18.2 Å². The third-order valence-corrected chi connectivity index (χ3v) is 5.22. The standard InChI is InChI=1S/C18H28N2O5S/c1-3-4-11-25-17-10-9-15(12-16(17)21)19-18(22)13-5-7-14(8-6-13)20-26(2,23)24/h9-10,12-14,20-21H,3-8,11H2,1-2H3,(H,19,22). The highest BCUT2D eigenvalue weighted by atomic mass is 32.2. The van der Waals surface area contributed by atoms with E-state index in [-0.39, 0.29) is 23.6 Å². The number of hydrogen-bond donors (Lipinski definition) is 3. The number of nitrogens with one attached hydrogen (secondary N) is 2. The lowest BCUT2D eigenvalue weighted by Crippen LogP contribution is -2.39. The van der Waals surface area contributed by atoms with Crippen molar-refractivity contribution in [2.24, 2.45) is 5.92 Å². The highest BCUT2D eigenvalue weighted by molar-refractivity contribution is 7.88. The average molecular weight is 384 g/mol. The molecule has 7 nitrogen and oxygen atoms in total. The quantitative estimate of drug-likeness (QED) is 0.598. The lowest BCUT2D eigenvalue weighted by molar-refractivity contribution is -0.120. The summed E-state index contributed by atoms with van der Waals surface area (Å²) < 4.78 is 30.6. The van der Waals surface area contributed by atoms with Gasteiger partial charge in [-0.1, -0.05) is 13.3 Å². The first-order valence-electron chi connectivity index (χ1n) is 9.02. The van der Waals surface area contributed by atoms with Crippen LogP contribution in [0.3, 0.4) is 0 Å². The maximum absolute atomic E-state index is 12.4. The molecule has 0 heterocycles. The summed E-state index contributed by atoms with van der Waals surface area (Å²) in [6.45, 7) is 2.60. The summed E-state index contributed by atoms with van der Waals surface area (Å²) in [7, 11) is -3.22. The van der Waals surface area contributed by atoms with E-state index in [1.165, 1.54) is 6.07 Å². The fraction of sp³-hybridized carbons (Fsp3) is 0.611. The van der Waals surface area contributed by atoms with Gasteiger partial charge < -0.3 is 15.2 Å². The largest absolute Gasteiger partial charge is 0.504 e. The van der Waals surface area contributed by atoms with Crippen molar-refractivity contribution in [3.05, 3.63) is 18.2 Å². The van der Waals surface area contributed by atoms with Crippen LogP contribution < -0.4 is 14.8 Å². The predicted molar refractivity (Wildman–Crippen MR) is 101 cm³/mol. The third kappa shape index (κ3) is 6.49. The smallest absolute Gasteiger partial charge is 0.227 e. The molecule has 1 aliphatic carbocycles. The van der Waals surface area contributed by atoms with Gasteiger partial charge in [0.2, 0.25) is 15.9 Å². The second-order valence-corrected chi connectivity index (χ2v) is 8.59. The monoisotopic (exact) mass is 384 g/mol. The lowest BCUT2D eigenvalue weighted by Gasteiger charge is -2.27. The van der Waals surface area contributed by atoms with Crippen LogP contribution in [0.4, 0.5) is 5.69 Å². The Morgan fingerprint density at radius 1 is 1.27 bits per heavy atom. The van der Waals surface area contributed by atoms with E-state index < -0.39 is 10.0 Å². The van der Waals surface area contributed by atoms with Gasteiger partial charge in [-0.2, -0.15) is 0 Å². The summed E-state index contributed by atoms with van der Waals surface area (Å²) in [6, 6.07) is 4.73. The molecule has 0 atom stereocenters. The van der Waals surface area contributed by atoms with Crippen molar-refractivity contribution >= 4 is 21.6 Å². The number of rotatable bonds is 8. The van der Waals surface area contributed by atoms with Gasteiger partial charge in [-0.3, -0.25) is 4.79 Å². The molecule has 146 valence electrons. The molecular weight excluding hydrogens is 356 g/mol. The first-order valence-corrected chi connectivity index (χ1v) is 10.9. The van der Waals surface area contributed by atoms with Gasteiger partial charge in [0.15, 0.2) is 11.5 Å². The van der Waals surface area contributed by atoms with Gasteiger partial charge in [0, 0.05) is 23.7 Å². The molecule has 0 aromatic heterocycles. The Morgan fingerprint density at radius 2 is 1.96 bits per heavy atom. The molecule has 1 aliphatic rings. The number of unbranched alkanes of at least 4 members (excludes halogenated alkanes) is 1. The van der Waals surface area contributed by atoms with Gasteiger partial charge in [0.1, 0.15) is 0 Å². The van der Waals surface area contributed by atoms with Crippen LogP contribution in [-0.2, 0) is 14.8 Å². The third-order valence-electron chi connectivity index (χ3n) is 4.46. The van der Waals surface area contributed by atoms with E-state index in [2.05, 4.69) is 17.0 Å². The van der Waals surface area contributed by atoms with Crippen molar-refractivity contribution in [3.63, 3.8) is 0 Å². The van der Waals surface area contributed by atoms with Gasteiger partial charge in [-0.15, -0.1) is 0 Å². The van der Waals surface area contributed by atoms with Crippen LogP contribution in [0.15, 0.2) is 18.2 Å². The molecule has 1 saturated carbocycles. The number of hydrogen-bond acceptors (Lipinski definition) is 5. The summed E-state index contributed by atoms with van der Waals surface area (Å²) in [5.74, 6) is 0.140. The number of anilines is 1. The number of carbonyl (C=O) groups is 1.